The van der Waals surface area contributed by atoms with E-state index < -0.39 is 15.9 Å². The fourth-order valence-corrected chi connectivity index (χ4v) is 2.69. The highest BCUT2D eigenvalue weighted by molar-refractivity contribution is 7.89. The van der Waals surface area contributed by atoms with Gasteiger partial charge in [-0.05, 0) is 30.3 Å². The molecule has 2 aromatic rings. The number of anilines is 2. The van der Waals surface area contributed by atoms with Crippen LogP contribution in [-0.4, -0.2) is 14.3 Å². The van der Waals surface area contributed by atoms with Gasteiger partial charge in [0.2, 0.25) is 10.0 Å². The molecule has 6 nitrogen and oxygen atoms in total. The Morgan fingerprint density at radius 1 is 1.14 bits per heavy atom. The average Bonchev–Trinajstić information content (AvgIpc) is 2.37. The first-order valence-corrected chi connectivity index (χ1v) is 7.69. The van der Waals surface area contributed by atoms with Gasteiger partial charge in [-0.3, -0.25) is 4.79 Å². The van der Waals surface area contributed by atoms with Crippen LogP contribution in [0.3, 0.4) is 0 Å². The molecule has 0 spiro atoms. The second kappa shape index (κ2) is 5.72. The molecule has 5 N–H and O–H groups in total. The summed E-state index contributed by atoms with van der Waals surface area (Å²) in [6.07, 6.45) is 0. The lowest BCUT2D eigenvalue weighted by Crippen LogP contribution is -2.18. The van der Waals surface area contributed by atoms with Crippen LogP contribution in [0.1, 0.15) is 10.4 Å². The van der Waals surface area contributed by atoms with Crippen LogP contribution in [0.15, 0.2) is 47.4 Å². The number of carbonyl (C=O) groups excluding carboxylic acids is 1. The van der Waals surface area contributed by atoms with Crippen molar-refractivity contribution in [1.29, 1.82) is 0 Å². The number of rotatable bonds is 3. The van der Waals surface area contributed by atoms with Crippen LogP contribution in [0, 0.1) is 0 Å². The first kappa shape index (κ1) is 15.3. The van der Waals surface area contributed by atoms with Crippen molar-refractivity contribution in [2.75, 3.05) is 11.1 Å². The predicted molar refractivity (Wildman–Crippen MR) is 81.6 cm³/mol. The SMILES string of the molecule is Nc1ccc(C(=O)Nc2ccccc2S(N)(=O)=O)c(Cl)c1. The van der Waals surface area contributed by atoms with Gasteiger partial charge in [-0.15, -0.1) is 0 Å². The molecular formula is C13H12ClN3O3S. The highest BCUT2D eigenvalue weighted by atomic mass is 35.5. The standard InChI is InChI=1S/C13H12ClN3O3S/c14-10-7-8(15)5-6-9(10)13(18)17-11-3-1-2-4-12(11)21(16,19)20/h1-7H,15H2,(H,17,18)(H2,16,19,20). The molecule has 0 aliphatic heterocycles. The van der Waals surface area contributed by atoms with Crippen LogP contribution in [0.5, 0.6) is 0 Å². The second-order valence-corrected chi connectivity index (χ2v) is 6.17. The zero-order chi connectivity index (χ0) is 15.6. The largest absolute Gasteiger partial charge is 0.399 e. The normalized spacial score (nSPS) is 11.1. The van der Waals surface area contributed by atoms with E-state index in [-0.39, 0.29) is 21.2 Å². The molecule has 0 aliphatic carbocycles. The minimum absolute atomic E-state index is 0.0814. The summed E-state index contributed by atoms with van der Waals surface area (Å²) < 4.78 is 22.9. The van der Waals surface area contributed by atoms with Crippen LogP contribution in [0.2, 0.25) is 5.02 Å². The molecule has 0 radical (unpaired) electrons. The Balaban J connectivity index is 2.37. The molecule has 8 heteroatoms. The average molecular weight is 326 g/mol. The van der Waals surface area contributed by atoms with Crippen molar-refractivity contribution in [3.63, 3.8) is 0 Å². The van der Waals surface area contributed by atoms with Crippen molar-refractivity contribution in [2.45, 2.75) is 4.90 Å². The van der Waals surface area contributed by atoms with E-state index in [1.54, 1.807) is 6.07 Å². The quantitative estimate of drug-likeness (QED) is 0.746. The number of halogens is 1. The van der Waals surface area contributed by atoms with E-state index in [0.29, 0.717) is 5.69 Å². The molecule has 110 valence electrons. The third kappa shape index (κ3) is 3.52. The fourth-order valence-electron chi connectivity index (χ4n) is 1.72. The van der Waals surface area contributed by atoms with Gasteiger partial charge in [-0.2, -0.15) is 0 Å². The Bertz CT molecular complexity index is 806. The third-order valence-electron chi connectivity index (χ3n) is 2.68. The molecule has 0 aliphatic rings. The molecule has 0 aromatic heterocycles. The fraction of sp³-hybridized carbons (Fsp3) is 0. The molecule has 0 fully saturated rings. The zero-order valence-electron chi connectivity index (χ0n) is 10.7. The van der Waals surface area contributed by atoms with Crippen molar-refractivity contribution < 1.29 is 13.2 Å². The summed E-state index contributed by atoms with van der Waals surface area (Å²) in [5.41, 5.74) is 6.22. The number of nitrogen functional groups attached to an aromatic ring is 1. The maximum atomic E-state index is 12.2. The van der Waals surface area contributed by atoms with Crippen LogP contribution in [-0.2, 0) is 10.0 Å². The number of amides is 1. The number of nitrogens with one attached hydrogen (secondary N) is 1. The molecule has 2 rings (SSSR count). The number of primary sulfonamides is 1. The predicted octanol–water partition coefficient (Wildman–Crippen LogP) is 1.82. The lowest BCUT2D eigenvalue weighted by atomic mass is 10.2. The number of carbonyl (C=O) groups is 1. The lowest BCUT2D eigenvalue weighted by molar-refractivity contribution is 0.102. The Labute approximate surface area is 126 Å². The molecule has 0 heterocycles. The maximum Gasteiger partial charge on any atom is 0.257 e. The molecule has 21 heavy (non-hydrogen) atoms. The summed E-state index contributed by atoms with van der Waals surface area (Å²) in [7, 11) is -3.95. The Morgan fingerprint density at radius 2 is 1.81 bits per heavy atom. The Hall–Kier alpha value is -2.09. The topological polar surface area (TPSA) is 115 Å². The Kier molecular flexibility index (Phi) is 4.17. The van der Waals surface area contributed by atoms with Gasteiger partial charge in [0.15, 0.2) is 0 Å². The molecule has 1 amide bonds. The van der Waals surface area contributed by atoms with E-state index in [2.05, 4.69) is 5.32 Å². The summed E-state index contributed by atoms with van der Waals surface area (Å²) in [6.45, 7) is 0. The highest BCUT2D eigenvalue weighted by Gasteiger charge is 2.17. The van der Waals surface area contributed by atoms with Crippen LogP contribution in [0.4, 0.5) is 11.4 Å². The summed E-state index contributed by atoms with van der Waals surface area (Å²) in [6, 6.07) is 10.2. The lowest BCUT2D eigenvalue weighted by Gasteiger charge is -2.10. The van der Waals surface area contributed by atoms with Crippen molar-refractivity contribution in [3.05, 3.63) is 53.1 Å². The minimum atomic E-state index is -3.95. The number of sulfonamides is 1. The smallest absolute Gasteiger partial charge is 0.257 e. The van der Waals surface area contributed by atoms with E-state index in [9.17, 15) is 13.2 Å². The van der Waals surface area contributed by atoms with Crippen LogP contribution >= 0.6 is 11.6 Å². The van der Waals surface area contributed by atoms with E-state index >= 15 is 0 Å². The van der Waals surface area contributed by atoms with Gasteiger partial charge >= 0.3 is 0 Å². The molecule has 2 aromatic carbocycles. The first-order chi connectivity index (χ1) is 9.79. The second-order valence-electron chi connectivity index (χ2n) is 4.23. The van der Waals surface area contributed by atoms with Crippen molar-refractivity contribution in [3.8, 4) is 0 Å². The number of benzene rings is 2. The van der Waals surface area contributed by atoms with Crippen LogP contribution < -0.4 is 16.2 Å². The first-order valence-electron chi connectivity index (χ1n) is 5.77. The van der Waals surface area contributed by atoms with Gasteiger partial charge in [0.25, 0.3) is 5.91 Å². The summed E-state index contributed by atoms with van der Waals surface area (Å²) in [5, 5.41) is 7.74. The van der Waals surface area contributed by atoms with Gasteiger partial charge in [0.05, 0.1) is 16.3 Å². The van der Waals surface area contributed by atoms with Crippen molar-refractivity contribution in [2.24, 2.45) is 5.14 Å². The maximum absolute atomic E-state index is 12.2. The molecule has 0 bridgehead atoms. The van der Waals surface area contributed by atoms with E-state index in [0.717, 1.165) is 0 Å². The summed E-state index contributed by atoms with van der Waals surface area (Å²) in [4.78, 5) is 12.0. The van der Waals surface area contributed by atoms with Gasteiger partial charge in [-0.25, -0.2) is 13.6 Å². The number of hydrogen-bond donors (Lipinski definition) is 3. The number of nitrogens with two attached hydrogens (primary N) is 2. The van der Waals surface area contributed by atoms with Gasteiger partial charge in [0.1, 0.15) is 4.90 Å². The summed E-state index contributed by atoms with van der Waals surface area (Å²) in [5.74, 6) is -0.559. The zero-order valence-corrected chi connectivity index (χ0v) is 12.3. The van der Waals surface area contributed by atoms with Gasteiger partial charge in [0, 0.05) is 5.69 Å². The molecule has 0 saturated carbocycles. The summed E-state index contributed by atoms with van der Waals surface area (Å²) >= 11 is 5.94. The van der Waals surface area contributed by atoms with Gasteiger partial charge < -0.3 is 11.1 Å². The van der Waals surface area contributed by atoms with Crippen LogP contribution in [0.25, 0.3) is 0 Å². The minimum Gasteiger partial charge on any atom is -0.399 e. The van der Waals surface area contributed by atoms with Crippen molar-refractivity contribution >= 4 is 38.9 Å². The third-order valence-corrected chi connectivity index (χ3v) is 3.96. The highest BCUT2D eigenvalue weighted by Crippen LogP contribution is 2.23. The molecular weight excluding hydrogens is 314 g/mol. The van der Waals surface area contributed by atoms with E-state index in [4.69, 9.17) is 22.5 Å². The monoisotopic (exact) mass is 325 g/mol. The van der Waals surface area contributed by atoms with Crippen molar-refractivity contribution in [1.82, 2.24) is 0 Å². The van der Waals surface area contributed by atoms with E-state index in [1.807, 2.05) is 0 Å². The molecule has 0 saturated heterocycles. The molecule has 0 atom stereocenters. The number of hydrogen-bond acceptors (Lipinski definition) is 4. The van der Waals surface area contributed by atoms with E-state index in [1.165, 1.54) is 36.4 Å². The Morgan fingerprint density at radius 3 is 2.43 bits per heavy atom. The van der Waals surface area contributed by atoms with Gasteiger partial charge in [-0.1, -0.05) is 23.7 Å². The molecule has 0 unspecified atom stereocenters. The number of para-hydroxylation sites is 1.